The number of hydrogen-bond donors (Lipinski definition) is 2. The summed E-state index contributed by atoms with van der Waals surface area (Å²) in [6, 6.07) is -0.0455. The third-order valence-electron chi connectivity index (χ3n) is 0.899. The zero-order chi connectivity index (χ0) is 9.07. The second kappa shape index (κ2) is 3.50. The number of nitrogens with two attached hydrogens (primary N) is 1. The van der Waals surface area contributed by atoms with Gasteiger partial charge in [0.2, 0.25) is 0 Å². The van der Waals surface area contributed by atoms with Crippen molar-refractivity contribution in [2.45, 2.75) is 26.1 Å². The predicted octanol–water partition coefficient (Wildman–Crippen LogP) is 1.35. The van der Waals surface area contributed by atoms with Crippen molar-refractivity contribution in [2.75, 3.05) is 0 Å². The smallest absolute Gasteiger partial charge is 0.394 e. The Labute approximate surface area is 63.3 Å². The van der Waals surface area contributed by atoms with Crippen molar-refractivity contribution in [3.05, 3.63) is 11.9 Å². The van der Waals surface area contributed by atoms with Crippen molar-refractivity contribution in [3.63, 3.8) is 0 Å². The van der Waals surface area contributed by atoms with E-state index in [-0.39, 0.29) is 6.04 Å². The van der Waals surface area contributed by atoms with Crippen LogP contribution in [0.5, 0.6) is 0 Å². The molecule has 0 atom stereocenters. The number of hydrogen-bond acceptors (Lipinski definition) is 2. The fraction of sp³-hybridized carbons (Fsp3) is 0.667. The van der Waals surface area contributed by atoms with Crippen LogP contribution in [0.3, 0.4) is 0 Å². The lowest BCUT2D eigenvalue weighted by Crippen LogP contribution is -2.25. The quantitative estimate of drug-likeness (QED) is 0.653. The summed E-state index contributed by atoms with van der Waals surface area (Å²) in [7, 11) is 0. The Morgan fingerprint density at radius 1 is 1.45 bits per heavy atom. The Morgan fingerprint density at radius 3 is 2.18 bits per heavy atom. The van der Waals surface area contributed by atoms with E-state index < -0.39 is 11.9 Å². The van der Waals surface area contributed by atoms with E-state index in [0.29, 0.717) is 0 Å². The fourth-order valence-corrected chi connectivity index (χ4v) is 0.338. The Hall–Kier alpha value is -0.870. The molecule has 0 fully saturated rings. The average molecular weight is 168 g/mol. The lowest BCUT2D eigenvalue weighted by atomic mass is 10.4. The van der Waals surface area contributed by atoms with Crippen molar-refractivity contribution in [1.82, 2.24) is 5.32 Å². The highest BCUT2D eigenvalue weighted by atomic mass is 19.4. The summed E-state index contributed by atoms with van der Waals surface area (Å²) in [5.41, 5.74) is 3.57. The van der Waals surface area contributed by atoms with Crippen LogP contribution in [0, 0.1) is 0 Å². The first-order valence-electron chi connectivity index (χ1n) is 3.13. The van der Waals surface area contributed by atoms with Gasteiger partial charge in [-0.05, 0) is 13.8 Å². The van der Waals surface area contributed by atoms with Gasteiger partial charge in [0.05, 0.1) is 0 Å². The Balaban J connectivity index is 4.02. The van der Waals surface area contributed by atoms with E-state index in [9.17, 15) is 13.2 Å². The van der Waals surface area contributed by atoms with Crippen LogP contribution < -0.4 is 11.1 Å². The highest BCUT2D eigenvalue weighted by Gasteiger charge is 2.31. The first-order valence-corrected chi connectivity index (χ1v) is 3.13. The van der Waals surface area contributed by atoms with Gasteiger partial charge in [-0.25, -0.2) is 0 Å². The van der Waals surface area contributed by atoms with Crippen molar-refractivity contribution < 1.29 is 13.2 Å². The van der Waals surface area contributed by atoms with Gasteiger partial charge in [-0.1, -0.05) is 0 Å². The first kappa shape index (κ1) is 10.1. The molecule has 11 heavy (non-hydrogen) atoms. The molecule has 5 heteroatoms. The summed E-state index contributed by atoms with van der Waals surface area (Å²) in [4.78, 5) is 0. The van der Waals surface area contributed by atoms with Crippen LogP contribution in [-0.2, 0) is 0 Å². The lowest BCUT2D eigenvalue weighted by molar-refractivity contribution is -0.0930. The lowest BCUT2D eigenvalue weighted by Gasteiger charge is -2.08. The van der Waals surface area contributed by atoms with Crippen LogP contribution in [0.2, 0.25) is 0 Å². The predicted molar refractivity (Wildman–Crippen MR) is 36.6 cm³/mol. The van der Waals surface area contributed by atoms with Gasteiger partial charge in [0.25, 0.3) is 0 Å². The van der Waals surface area contributed by atoms with Gasteiger partial charge in [-0.2, -0.15) is 13.2 Å². The highest BCUT2D eigenvalue weighted by molar-refractivity contribution is 5.02. The van der Waals surface area contributed by atoms with Crippen LogP contribution in [0.25, 0.3) is 0 Å². The molecule has 0 aliphatic carbocycles. The largest absolute Gasteiger partial charge is 0.432 e. The van der Waals surface area contributed by atoms with Gasteiger partial charge in [0.15, 0.2) is 0 Å². The molecule has 0 aromatic carbocycles. The topological polar surface area (TPSA) is 38.0 Å². The average Bonchev–Trinajstić information content (AvgIpc) is 1.80. The van der Waals surface area contributed by atoms with E-state index in [1.54, 1.807) is 13.8 Å². The van der Waals surface area contributed by atoms with Crippen LogP contribution in [0.1, 0.15) is 13.8 Å². The monoisotopic (exact) mass is 168 g/mol. The molecule has 0 aliphatic heterocycles. The van der Waals surface area contributed by atoms with E-state index >= 15 is 0 Å². The fourth-order valence-electron chi connectivity index (χ4n) is 0.338. The second-order valence-electron chi connectivity index (χ2n) is 2.42. The standard InChI is InChI=1S/C6H11F3N2/c1-4(2)11-3-5(10)6(7,8)9/h3-4,11H,10H2,1-2H3/b5-3-. The normalized spacial score (nSPS) is 13.8. The molecular formula is C6H11F3N2. The molecule has 0 saturated carbocycles. The van der Waals surface area contributed by atoms with E-state index in [1.165, 1.54) is 0 Å². The molecule has 3 N–H and O–H groups in total. The molecule has 0 saturated heterocycles. The minimum atomic E-state index is -4.43. The summed E-state index contributed by atoms with van der Waals surface area (Å²) < 4.78 is 35.0. The number of allylic oxidation sites excluding steroid dienone is 1. The SMILES string of the molecule is CC(C)N/C=C(\N)C(F)(F)F. The van der Waals surface area contributed by atoms with Gasteiger partial charge < -0.3 is 11.1 Å². The Kier molecular flexibility index (Phi) is 3.22. The maximum Gasteiger partial charge on any atom is 0.432 e. The zero-order valence-electron chi connectivity index (χ0n) is 6.37. The van der Waals surface area contributed by atoms with Crippen LogP contribution in [0.4, 0.5) is 13.2 Å². The molecule has 0 aromatic heterocycles. The molecule has 66 valence electrons. The molecule has 0 aromatic rings. The van der Waals surface area contributed by atoms with E-state index in [2.05, 4.69) is 11.1 Å². The van der Waals surface area contributed by atoms with Gasteiger partial charge in [-0.3, -0.25) is 0 Å². The third kappa shape index (κ3) is 4.52. The summed E-state index contributed by atoms with van der Waals surface area (Å²) in [5, 5.41) is 2.44. The number of halogens is 3. The van der Waals surface area contributed by atoms with Crippen molar-refractivity contribution in [2.24, 2.45) is 5.73 Å². The molecule has 0 aliphatic rings. The molecule has 0 unspecified atom stereocenters. The minimum Gasteiger partial charge on any atom is -0.394 e. The van der Waals surface area contributed by atoms with Crippen LogP contribution in [0.15, 0.2) is 11.9 Å². The van der Waals surface area contributed by atoms with Gasteiger partial charge >= 0.3 is 6.18 Å². The summed E-state index contributed by atoms with van der Waals surface area (Å²) in [5.74, 6) is 0. The van der Waals surface area contributed by atoms with Crippen molar-refractivity contribution in [3.8, 4) is 0 Å². The summed E-state index contributed by atoms with van der Waals surface area (Å²) in [6.07, 6.45) is -3.66. The maximum atomic E-state index is 11.7. The molecule has 0 spiro atoms. The Morgan fingerprint density at radius 2 is 1.91 bits per heavy atom. The molecule has 2 nitrogen and oxygen atoms in total. The Bertz CT molecular complexity index is 148. The molecule has 0 rings (SSSR count). The van der Waals surface area contributed by atoms with Crippen molar-refractivity contribution >= 4 is 0 Å². The third-order valence-corrected chi connectivity index (χ3v) is 0.899. The minimum absolute atomic E-state index is 0.0455. The van der Waals surface area contributed by atoms with Crippen LogP contribution in [-0.4, -0.2) is 12.2 Å². The van der Waals surface area contributed by atoms with E-state index in [0.717, 1.165) is 6.20 Å². The molecule has 0 amide bonds. The van der Waals surface area contributed by atoms with Gasteiger partial charge in [0.1, 0.15) is 5.70 Å². The highest BCUT2D eigenvalue weighted by Crippen LogP contribution is 2.20. The van der Waals surface area contributed by atoms with E-state index in [4.69, 9.17) is 0 Å². The molecule has 0 bridgehead atoms. The maximum absolute atomic E-state index is 11.7. The van der Waals surface area contributed by atoms with Gasteiger partial charge in [0, 0.05) is 12.2 Å². The summed E-state index contributed by atoms with van der Waals surface area (Å²) >= 11 is 0. The van der Waals surface area contributed by atoms with Crippen LogP contribution >= 0.6 is 0 Å². The molecular weight excluding hydrogens is 157 g/mol. The number of nitrogens with one attached hydrogen (secondary N) is 1. The molecule has 0 radical (unpaired) electrons. The second-order valence-corrected chi connectivity index (χ2v) is 2.42. The number of alkyl halides is 3. The van der Waals surface area contributed by atoms with Gasteiger partial charge in [-0.15, -0.1) is 0 Å². The summed E-state index contributed by atoms with van der Waals surface area (Å²) in [6.45, 7) is 3.44. The first-order chi connectivity index (χ1) is 4.84. The molecule has 0 heterocycles. The zero-order valence-corrected chi connectivity index (χ0v) is 6.37. The van der Waals surface area contributed by atoms with E-state index in [1.807, 2.05) is 0 Å². The van der Waals surface area contributed by atoms with Crippen molar-refractivity contribution in [1.29, 1.82) is 0 Å². The number of rotatable bonds is 2.